The minimum absolute atomic E-state index is 0.301. The van der Waals surface area contributed by atoms with E-state index in [9.17, 15) is 0 Å². The highest BCUT2D eigenvalue weighted by Gasteiger charge is 2.17. The topological polar surface area (TPSA) is 37.8 Å². The molecule has 1 fully saturated rings. The molecule has 0 amide bonds. The van der Waals surface area contributed by atoms with E-state index in [0.717, 1.165) is 29.7 Å². The van der Waals surface area contributed by atoms with Gasteiger partial charge in [0.05, 0.1) is 0 Å². The SMILES string of the molecule is Cc1c(Cl)nc(C(C)C)nc1NCCC1CCC1. The van der Waals surface area contributed by atoms with Crippen molar-refractivity contribution in [1.82, 2.24) is 9.97 Å². The molecule has 0 bridgehead atoms. The lowest BCUT2D eigenvalue weighted by atomic mass is 9.83. The van der Waals surface area contributed by atoms with Gasteiger partial charge in [-0.2, -0.15) is 0 Å². The molecule has 1 aliphatic rings. The fraction of sp³-hybridized carbons (Fsp3) is 0.714. The lowest BCUT2D eigenvalue weighted by Crippen LogP contribution is -2.17. The van der Waals surface area contributed by atoms with Crippen LogP contribution in [-0.4, -0.2) is 16.5 Å². The summed E-state index contributed by atoms with van der Waals surface area (Å²) in [7, 11) is 0. The Bertz CT molecular complexity index is 414. The number of hydrogen-bond donors (Lipinski definition) is 1. The Balaban J connectivity index is 2.00. The van der Waals surface area contributed by atoms with Crippen molar-refractivity contribution in [3.8, 4) is 0 Å². The third kappa shape index (κ3) is 3.14. The number of halogens is 1. The number of rotatable bonds is 5. The zero-order chi connectivity index (χ0) is 13.1. The first-order chi connectivity index (χ1) is 8.58. The summed E-state index contributed by atoms with van der Waals surface area (Å²) >= 11 is 6.15. The van der Waals surface area contributed by atoms with Crippen LogP contribution in [-0.2, 0) is 0 Å². The summed E-state index contributed by atoms with van der Waals surface area (Å²) in [6.07, 6.45) is 5.42. The lowest BCUT2D eigenvalue weighted by Gasteiger charge is -2.25. The van der Waals surface area contributed by atoms with Crippen molar-refractivity contribution < 1.29 is 0 Å². The molecule has 1 aromatic rings. The predicted octanol–water partition coefficient (Wildman–Crippen LogP) is 4.16. The monoisotopic (exact) mass is 267 g/mol. The number of anilines is 1. The molecule has 0 atom stereocenters. The molecule has 1 aromatic heterocycles. The van der Waals surface area contributed by atoms with Crippen LogP contribution in [0.1, 0.15) is 56.8 Å². The normalized spacial score (nSPS) is 15.8. The van der Waals surface area contributed by atoms with Gasteiger partial charge in [0.15, 0.2) is 0 Å². The first-order valence-corrected chi connectivity index (χ1v) is 7.23. The van der Waals surface area contributed by atoms with E-state index in [1.807, 2.05) is 6.92 Å². The van der Waals surface area contributed by atoms with Crippen LogP contribution in [0.5, 0.6) is 0 Å². The highest BCUT2D eigenvalue weighted by molar-refractivity contribution is 6.30. The van der Waals surface area contributed by atoms with Gasteiger partial charge in [-0.15, -0.1) is 0 Å². The van der Waals surface area contributed by atoms with Gasteiger partial charge >= 0.3 is 0 Å². The quantitative estimate of drug-likeness (QED) is 0.814. The molecule has 1 aliphatic carbocycles. The van der Waals surface area contributed by atoms with Crippen molar-refractivity contribution in [2.75, 3.05) is 11.9 Å². The fourth-order valence-electron chi connectivity index (χ4n) is 2.11. The maximum absolute atomic E-state index is 6.15. The molecule has 1 heterocycles. The number of aromatic nitrogens is 2. The second-order valence-corrected chi connectivity index (χ2v) is 5.87. The van der Waals surface area contributed by atoms with E-state index >= 15 is 0 Å². The van der Waals surface area contributed by atoms with Crippen LogP contribution in [0.15, 0.2) is 0 Å². The van der Waals surface area contributed by atoms with Crippen LogP contribution in [0.2, 0.25) is 5.15 Å². The van der Waals surface area contributed by atoms with Crippen molar-refractivity contribution in [2.24, 2.45) is 5.92 Å². The largest absolute Gasteiger partial charge is 0.370 e. The predicted molar refractivity (Wildman–Crippen MR) is 76.3 cm³/mol. The van der Waals surface area contributed by atoms with Gasteiger partial charge in [0.1, 0.15) is 16.8 Å². The maximum Gasteiger partial charge on any atom is 0.137 e. The number of hydrogen-bond acceptors (Lipinski definition) is 3. The lowest BCUT2D eigenvalue weighted by molar-refractivity contribution is 0.303. The third-order valence-corrected chi connectivity index (χ3v) is 4.06. The summed E-state index contributed by atoms with van der Waals surface area (Å²) in [5.74, 6) is 2.93. The van der Waals surface area contributed by atoms with E-state index in [4.69, 9.17) is 11.6 Å². The van der Waals surface area contributed by atoms with Crippen molar-refractivity contribution in [1.29, 1.82) is 0 Å². The molecule has 1 N–H and O–H groups in total. The standard InChI is InChI=1S/C14H22ClN3/c1-9(2)13-17-12(15)10(3)14(18-13)16-8-7-11-5-4-6-11/h9,11H,4-8H2,1-3H3,(H,16,17,18). The van der Waals surface area contributed by atoms with Crippen molar-refractivity contribution in [3.05, 3.63) is 16.5 Å². The summed E-state index contributed by atoms with van der Waals surface area (Å²) in [4.78, 5) is 8.88. The van der Waals surface area contributed by atoms with E-state index in [1.54, 1.807) is 0 Å². The highest BCUT2D eigenvalue weighted by atomic mass is 35.5. The molecule has 0 unspecified atom stereocenters. The van der Waals surface area contributed by atoms with Crippen molar-refractivity contribution >= 4 is 17.4 Å². The Morgan fingerprint density at radius 1 is 1.33 bits per heavy atom. The average molecular weight is 268 g/mol. The van der Waals surface area contributed by atoms with Gasteiger partial charge in [-0.1, -0.05) is 44.7 Å². The molecule has 100 valence electrons. The molecule has 0 spiro atoms. The summed E-state index contributed by atoms with van der Waals surface area (Å²) in [5.41, 5.74) is 0.953. The molecule has 1 saturated carbocycles. The van der Waals surface area contributed by atoms with Gasteiger partial charge in [0, 0.05) is 18.0 Å². The third-order valence-electron chi connectivity index (χ3n) is 3.69. The van der Waals surface area contributed by atoms with Gasteiger partial charge in [-0.25, -0.2) is 9.97 Å². The Hall–Kier alpha value is -0.830. The summed E-state index contributed by atoms with van der Waals surface area (Å²) < 4.78 is 0. The average Bonchev–Trinajstić information content (AvgIpc) is 2.26. The molecule has 2 rings (SSSR count). The second kappa shape index (κ2) is 5.87. The van der Waals surface area contributed by atoms with Gasteiger partial charge in [0.2, 0.25) is 0 Å². The minimum Gasteiger partial charge on any atom is -0.370 e. The summed E-state index contributed by atoms with van der Waals surface area (Å²) in [6, 6.07) is 0. The van der Waals surface area contributed by atoms with Crippen LogP contribution in [0.3, 0.4) is 0 Å². The van der Waals surface area contributed by atoms with E-state index < -0.39 is 0 Å². The van der Waals surface area contributed by atoms with Crippen molar-refractivity contribution in [2.45, 2.75) is 52.4 Å². The molecule has 0 saturated heterocycles. The molecule has 3 nitrogen and oxygen atoms in total. The summed E-state index contributed by atoms with van der Waals surface area (Å²) in [5, 5.41) is 3.98. The van der Waals surface area contributed by atoms with Gasteiger partial charge in [0.25, 0.3) is 0 Å². The van der Waals surface area contributed by atoms with Gasteiger partial charge in [-0.05, 0) is 19.3 Å². The fourth-order valence-corrected chi connectivity index (χ4v) is 2.29. The van der Waals surface area contributed by atoms with Crippen LogP contribution in [0.4, 0.5) is 5.82 Å². The van der Waals surface area contributed by atoms with Gasteiger partial charge in [-0.3, -0.25) is 0 Å². The molecule has 0 radical (unpaired) electrons. The second-order valence-electron chi connectivity index (χ2n) is 5.51. The first kappa shape index (κ1) is 13.6. The summed E-state index contributed by atoms with van der Waals surface area (Å²) in [6.45, 7) is 7.12. The van der Waals surface area contributed by atoms with Crippen LogP contribution in [0, 0.1) is 12.8 Å². The zero-order valence-electron chi connectivity index (χ0n) is 11.5. The Kier molecular flexibility index (Phi) is 4.44. The maximum atomic E-state index is 6.15. The van der Waals surface area contributed by atoms with Gasteiger partial charge < -0.3 is 5.32 Å². The molecule has 4 heteroatoms. The molecule has 18 heavy (non-hydrogen) atoms. The molecule has 0 aliphatic heterocycles. The Morgan fingerprint density at radius 3 is 2.61 bits per heavy atom. The Morgan fingerprint density at radius 2 is 2.06 bits per heavy atom. The van der Waals surface area contributed by atoms with Crippen molar-refractivity contribution in [3.63, 3.8) is 0 Å². The van der Waals surface area contributed by atoms with E-state index in [1.165, 1.54) is 25.7 Å². The molecular weight excluding hydrogens is 246 g/mol. The van der Waals surface area contributed by atoms with E-state index in [0.29, 0.717) is 11.1 Å². The highest BCUT2D eigenvalue weighted by Crippen LogP contribution is 2.29. The first-order valence-electron chi connectivity index (χ1n) is 6.86. The smallest absolute Gasteiger partial charge is 0.137 e. The molecular formula is C14H22ClN3. The van der Waals surface area contributed by atoms with Crippen LogP contribution >= 0.6 is 11.6 Å². The van der Waals surface area contributed by atoms with E-state index in [2.05, 4.69) is 29.1 Å². The number of nitrogens with zero attached hydrogens (tertiary/aromatic N) is 2. The number of nitrogens with one attached hydrogen (secondary N) is 1. The molecule has 0 aromatic carbocycles. The van der Waals surface area contributed by atoms with Crippen LogP contribution in [0.25, 0.3) is 0 Å². The zero-order valence-corrected chi connectivity index (χ0v) is 12.2. The van der Waals surface area contributed by atoms with Crippen LogP contribution < -0.4 is 5.32 Å². The van der Waals surface area contributed by atoms with E-state index in [-0.39, 0.29) is 0 Å². The minimum atomic E-state index is 0.301. The Labute approximate surface area is 114 Å².